The minimum atomic E-state index is 0.314. The Hall–Kier alpha value is -1.68. The predicted octanol–water partition coefficient (Wildman–Crippen LogP) is 2.46. The molecule has 1 aromatic heterocycles. The van der Waals surface area contributed by atoms with Gasteiger partial charge >= 0.3 is 0 Å². The summed E-state index contributed by atoms with van der Waals surface area (Å²) >= 11 is 0. The van der Waals surface area contributed by atoms with E-state index in [1.54, 1.807) is 0 Å². The van der Waals surface area contributed by atoms with Crippen LogP contribution in [-0.4, -0.2) is 21.2 Å². The van der Waals surface area contributed by atoms with E-state index in [0.29, 0.717) is 12.0 Å². The zero-order chi connectivity index (χ0) is 12.4. The molecule has 1 aromatic carbocycles. The lowest BCUT2D eigenvalue weighted by atomic mass is 9.86. The van der Waals surface area contributed by atoms with E-state index in [9.17, 15) is 0 Å². The minimum absolute atomic E-state index is 0.314. The molecule has 3 rings (SSSR count). The molecule has 0 radical (unpaired) electrons. The van der Waals surface area contributed by atoms with Crippen LogP contribution in [0.15, 0.2) is 30.3 Å². The lowest BCUT2D eigenvalue weighted by Crippen LogP contribution is -2.27. The van der Waals surface area contributed by atoms with Crippen molar-refractivity contribution in [3.05, 3.63) is 36.2 Å². The van der Waals surface area contributed by atoms with Gasteiger partial charge in [0.2, 0.25) is 0 Å². The number of H-pyrrole nitrogens is 1. The second-order valence-electron chi connectivity index (χ2n) is 5.03. The van der Waals surface area contributed by atoms with Gasteiger partial charge in [-0.15, -0.1) is 0 Å². The Morgan fingerprint density at radius 2 is 2.00 bits per heavy atom. The number of benzene rings is 1. The van der Waals surface area contributed by atoms with E-state index in [4.69, 9.17) is 5.73 Å². The summed E-state index contributed by atoms with van der Waals surface area (Å²) < 4.78 is 0. The number of aromatic amines is 1. The molecule has 4 nitrogen and oxygen atoms in total. The van der Waals surface area contributed by atoms with E-state index in [1.807, 2.05) is 30.3 Å². The SMILES string of the molecule is NC1CCCC(c2nc(-c3ccccc3)n[nH]2)C1. The first-order valence-corrected chi connectivity index (χ1v) is 6.56. The fourth-order valence-electron chi connectivity index (χ4n) is 2.65. The lowest BCUT2D eigenvalue weighted by Gasteiger charge is -2.24. The zero-order valence-corrected chi connectivity index (χ0v) is 10.3. The van der Waals surface area contributed by atoms with Crippen molar-refractivity contribution >= 4 is 0 Å². The highest BCUT2D eigenvalue weighted by molar-refractivity contribution is 5.53. The molecule has 1 fully saturated rings. The van der Waals surface area contributed by atoms with E-state index >= 15 is 0 Å². The van der Waals surface area contributed by atoms with Gasteiger partial charge in [0.25, 0.3) is 0 Å². The molecule has 3 N–H and O–H groups in total. The van der Waals surface area contributed by atoms with E-state index < -0.39 is 0 Å². The summed E-state index contributed by atoms with van der Waals surface area (Å²) in [4.78, 5) is 4.62. The molecule has 0 amide bonds. The smallest absolute Gasteiger partial charge is 0.181 e. The lowest BCUT2D eigenvalue weighted by molar-refractivity contribution is 0.383. The van der Waals surface area contributed by atoms with E-state index in [0.717, 1.165) is 36.5 Å². The standard InChI is InChI=1S/C14H18N4/c15-12-8-4-7-11(9-12)14-16-13(17-18-14)10-5-2-1-3-6-10/h1-3,5-6,11-12H,4,7-9,15H2,(H,16,17,18). The van der Waals surface area contributed by atoms with Crippen LogP contribution in [0.4, 0.5) is 0 Å². The first-order valence-electron chi connectivity index (χ1n) is 6.56. The van der Waals surface area contributed by atoms with Crippen molar-refractivity contribution in [1.29, 1.82) is 0 Å². The summed E-state index contributed by atoms with van der Waals surface area (Å²) in [6, 6.07) is 10.4. The third-order valence-electron chi connectivity index (χ3n) is 3.64. The Kier molecular flexibility index (Phi) is 3.11. The molecule has 1 saturated carbocycles. The first-order chi connectivity index (χ1) is 8.83. The Labute approximate surface area is 107 Å². The Morgan fingerprint density at radius 1 is 1.17 bits per heavy atom. The van der Waals surface area contributed by atoms with Crippen molar-refractivity contribution in [3.8, 4) is 11.4 Å². The fraction of sp³-hybridized carbons (Fsp3) is 0.429. The minimum Gasteiger partial charge on any atom is -0.328 e. The van der Waals surface area contributed by atoms with Crippen molar-refractivity contribution < 1.29 is 0 Å². The average molecular weight is 242 g/mol. The van der Waals surface area contributed by atoms with Gasteiger partial charge in [-0.3, -0.25) is 5.10 Å². The van der Waals surface area contributed by atoms with Gasteiger partial charge in [-0.2, -0.15) is 5.10 Å². The van der Waals surface area contributed by atoms with Gasteiger partial charge in [0.15, 0.2) is 5.82 Å². The largest absolute Gasteiger partial charge is 0.328 e. The van der Waals surface area contributed by atoms with Crippen molar-refractivity contribution in [2.75, 3.05) is 0 Å². The van der Waals surface area contributed by atoms with Gasteiger partial charge in [0.05, 0.1) is 0 Å². The molecule has 0 spiro atoms. The first kappa shape index (κ1) is 11.4. The molecule has 1 aliphatic carbocycles. The van der Waals surface area contributed by atoms with Crippen LogP contribution in [0.5, 0.6) is 0 Å². The van der Waals surface area contributed by atoms with Crippen LogP contribution in [0.25, 0.3) is 11.4 Å². The second kappa shape index (κ2) is 4.90. The summed E-state index contributed by atoms with van der Waals surface area (Å²) in [5, 5.41) is 7.39. The Balaban J connectivity index is 1.81. The highest BCUT2D eigenvalue weighted by Gasteiger charge is 2.23. The molecule has 0 saturated heterocycles. The van der Waals surface area contributed by atoms with E-state index in [1.165, 1.54) is 6.42 Å². The maximum atomic E-state index is 6.02. The summed E-state index contributed by atoms with van der Waals surface area (Å²) in [5.41, 5.74) is 7.07. The van der Waals surface area contributed by atoms with E-state index in [2.05, 4.69) is 15.2 Å². The summed E-state index contributed by atoms with van der Waals surface area (Å²) in [5.74, 6) is 2.22. The summed E-state index contributed by atoms with van der Waals surface area (Å²) in [6.07, 6.45) is 4.50. The number of nitrogens with zero attached hydrogens (tertiary/aromatic N) is 2. The van der Waals surface area contributed by atoms with Crippen LogP contribution in [0.3, 0.4) is 0 Å². The number of hydrogen-bond acceptors (Lipinski definition) is 3. The topological polar surface area (TPSA) is 67.6 Å². The zero-order valence-electron chi connectivity index (χ0n) is 10.3. The van der Waals surface area contributed by atoms with Crippen LogP contribution in [-0.2, 0) is 0 Å². The number of aromatic nitrogens is 3. The molecule has 0 aliphatic heterocycles. The van der Waals surface area contributed by atoms with Crippen LogP contribution in [0.2, 0.25) is 0 Å². The van der Waals surface area contributed by atoms with Crippen molar-refractivity contribution in [2.45, 2.75) is 37.6 Å². The molecule has 4 heteroatoms. The van der Waals surface area contributed by atoms with Gasteiger partial charge in [-0.1, -0.05) is 36.8 Å². The van der Waals surface area contributed by atoms with Gasteiger partial charge < -0.3 is 5.73 Å². The molecule has 2 aromatic rings. The highest BCUT2D eigenvalue weighted by atomic mass is 15.2. The third kappa shape index (κ3) is 2.29. The number of nitrogens with one attached hydrogen (secondary N) is 1. The normalized spacial score (nSPS) is 24.1. The van der Waals surface area contributed by atoms with Crippen LogP contribution < -0.4 is 5.73 Å². The van der Waals surface area contributed by atoms with Gasteiger partial charge in [0, 0.05) is 17.5 Å². The molecule has 18 heavy (non-hydrogen) atoms. The number of nitrogens with two attached hydrogens (primary N) is 1. The molecule has 1 aliphatic rings. The monoisotopic (exact) mass is 242 g/mol. The fourth-order valence-corrected chi connectivity index (χ4v) is 2.65. The van der Waals surface area contributed by atoms with Crippen molar-refractivity contribution in [3.63, 3.8) is 0 Å². The molecule has 2 unspecified atom stereocenters. The number of hydrogen-bond donors (Lipinski definition) is 2. The Morgan fingerprint density at radius 3 is 2.78 bits per heavy atom. The van der Waals surface area contributed by atoms with Crippen LogP contribution in [0, 0.1) is 0 Å². The molecule has 2 atom stereocenters. The van der Waals surface area contributed by atoms with Crippen LogP contribution in [0.1, 0.15) is 37.4 Å². The second-order valence-corrected chi connectivity index (χ2v) is 5.03. The maximum Gasteiger partial charge on any atom is 0.181 e. The molecule has 94 valence electrons. The highest BCUT2D eigenvalue weighted by Crippen LogP contribution is 2.30. The average Bonchev–Trinajstić information content (AvgIpc) is 2.89. The summed E-state index contributed by atoms with van der Waals surface area (Å²) in [6.45, 7) is 0. The predicted molar refractivity (Wildman–Crippen MR) is 71.0 cm³/mol. The molecular weight excluding hydrogens is 224 g/mol. The molecular formula is C14H18N4. The molecule has 1 heterocycles. The third-order valence-corrected chi connectivity index (χ3v) is 3.64. The number of rotatable bonds is 2. The Bertz CT molecular complexity index is 506. The van der Waals surface area contributed by atoms with Gasteiger partial charge in [0.1, 0.15) is 5.82 Å². The van der Waals surface area contributed by atoms with E-state index in [-0.39, 0.29) is 0 Å². The van der Waals surface area contributed by atoms with Gasteiger partial charge in [-0.25, -0.2) is 4.98 Å². The summed E-state index contributed by atoms with van der Waals surface area (Å²) in [7, 11) is 0. The quantitative estimate of drug-likeness (QED) is 0.850. The maximum absolute atomic E-state index is 6.02. The van der Waals surface area contributed by atoms with Crippen molar-refractivity contribution in [2.24, 2.45) is 5.73 Å². The van der Waals surface area contributed by atoms with Crippen molar-refractivity contribution in [1.82, 2.24) is 15.2 Å². The van der Waals surface area contributed by atoms with Crippen LogP contribution >= 0.6 is 0 Å². The molecule has 0 bridgehead atoms. The van der Waals surface area contributed by atoms with Gasteiger partial charge in [-0.05, 0) is 19.3 Å².